The Hall–Kier alpha value is -0.380. The number of hydrogen-bond acceptors (Lipinski definition) is 3. The van der Waals surface area contributed by atoms with Crippen molar-refractivity contribution in [2.45, 2.75) is 51.4 Å². The average molecular weight is 257 g/mol. The zero-order valence-corrected chi connectivity index (χ0v) is 11.8. The van der Waals surface area contributed by atoms with Crippen molar-refractivity contribution in [3.63, 3.8) is 0 Å². The third-order valence-corrected chi connectivity index (χ3v) is 3.15. The fourth-order valence-electron chi connectivity index (χ4n) is 2.08. The van der Waals surface area contributed by atoms with Crippen molar-refractivity contribution in [3.8, 4) is 0 Å². The van der Waals surface area contributed by atoms with Crippen molar-refractivity contribution in [2.75, 3.05) is 32.8 Å². The summed E-state index contributed by atoms with van der Waals surface area (Å²) >= 11 is 0. The first-order chi connectivity index (χ1) is 8.85. The fourth-order valence-corrected chi connectivity index (χ4v) is 2.08. The lowest BCUT2D eigenvalue weighted by atomic mass is 10.1. The summed E-state index contributed by atoms with van der Waals surface area (Å²) in [6, 6.07) is 0. The second-order valence-electron chi connectivity index (χ2n) is 4.86. The standard InChI is InChI=1S/C15H31NO2/c1-2-11-16(12-7-3-5-9-14-17)13-8-4-6-10-15-18/h2,17-18H,1,3-15H2. The van der Waals surface area contributed by atoms with Gasteiger partial charge in [-0.05, 0) is 38.8 Å². The highest BCUT2D eigenvalue weighted by molar-refractivity contribution is 4.73. The minimum atomic E-state index is 0.321. The smallest absolute Gasteiger partial charge is 0.0431 e. The second kappa shape index (κ2) is 14.7. The third-order valence-electron chi connectivity index (χ3n) is 3.15. The highest BCUT2D eigenvalue weighted by atomic mass is 16.3. The molecule has 0 rings (SSSR count). The molecule has 0 unspecified atom stereocenters. The Morgan fingerprint density at radius 2 is 1.17 bits per heavy atom. The van der Waals surface area contributed by atoms with Gasteiger partial charge in [-0.1, -0.05) is 31.8 Å². The van der Waals surface area contributed by atoms with Crippen molar-refractivity contribution in [1.82, 2.24) is 4.90 Å². The maximum Gasteiger partial charge on any atom is 0.0431 e. The molecule has 18 heavy (non-hydrogen) atoms. The van der Waals surface area contributed by atoms with Crippen LogP contribution in [0.2, 0.25) is 0 Å². The van der Waals surface area contributed by atoms with E-state index in [1.54, 1.807) is 0 Å². The number of hydrogen-bond donors (Lipinski definition) is 2. The molecular weight excluding hydrogens is 226 g/mol. The maximum absolute atomic E-state index is 8.70. The molecule has 2 N–H and O–H groups in total. The summed E-state index contributed by atoms with van der Waals surface area (Å²) in [7, 11) is 0. The normalized spacial score (nSPS) is 11.1. The second-order valence-corrected chi connectivity index (χ2v) is 4.86. The van der Waals surface area contributed by atoms with E-state index in [1.807, 2.05) is 6.08 Å². The molecule has 0 saturated carbocycles. The Kier molecular flexibility index (Phi) is 14.4. The van der Waals surface area contributed by atoms with Gasteiger partial charge in [-0.15, -0.1) is 6.58 Å². The number of unbranched alkanes of at least 4 members (excludes halogenated alkanes) is 6. The molecule has 0 spiro atoms. The van der Waals surface area contributed by atoms with Crippen molar-refractivity contribution in [2.24, 2.45) is 0 Å². The average Bonchev–Trinajstić information content (AvgIpc) is 2.38. The molecule has 0 aromatic rings. The van der Waals surface area contributed by atoms with E-state index in [-0.39, 0.29) is 0 Å². The summed E-state index contributed by atoms with van der Waals surface area (Å²) < 4.78 is 0. The summed E-state index contributed by atoms with van der Waals surface area (Å²) in [4.78, 5) is 2.45. The van der Waals surface area contributed by atoms with Gasteiger partial charge in [0, 0.05) is 19.8 Å². The summed E-state index contributed by atoms with van der Waals surface area (Å²) in [6.45, 7) is 7.69. The predicted octanol–water partition coefficient (Wildman–Crippen LogP) is 2.58. The van der Waals surface area contributed by atoms with Crippen molar-refractivity contribution in [1.29, 1.82) is 0 Å². The van der Waals surface area contributed by atoms with Gasteiger partial charge in [-0.2, -0.15) is 0 Å². The zero-order chi connectivity index (χ0) is 13.5. The molecule has 0 bridgehead atoms. The van der Waals surface area contributed by atoms with Crippen LogP contribution in [0.25, 0.3) is 0 Å². The van der Waals surface area contributed by atoms with Crippen molar-refractivity contribution in [3.05, 3.63) is 12.7 Å². The van der Waals surface area contributed by atoms with E-state index in [9.17, 15) is 0 Å². The van der Waals surface area contributed by atoms with Crippen molar-refractivity contribution < 1.29 is 10.2 Å². The van der Waals surface area contributed by atoms with Crippen LogP contribution in [0.1, 0.15) is 51.4 Å². The van der Waals surface area contributed by atoms with Gasteiger partial charge in [0.2, 0.25) is 0 Å². The molecule has 0 aliphatic carbocycles. The highest BCUT2D eigenvalue weighted by Crippen LogP contribution is 2.05. The first-order valence-electron chi connectivity index (χ1n) is 7.40. The van der Waals surface area contributed by atoms with Crippen LogP contribution in [0.5, 0.6) is 0 Å². The Labute approximate surface area is 113 Å². The van der Waals surface area contributed by atoms with Crippen LogP contribution in [0.3, 0.4) is 0 Å². The van der Waals surface area contributed by atoms with E-state index in [4.69, 9.17) is 10.2 Å². The monoisotopic (exact) mass is 257 g/mol. The van der Waals surface area contributed by atoms with Crippen LogP contribution >= 0.6 is 0 Å². The molecule has 0 aromatic carbocycles. The van der Waals surface area contributed by atoms with Gasteiger partial charge in [-0.25, -0.2) is 0 Å². The van der Waals surface area contributed by atoms with Crippen LogP contribution in [0.4, 0.5) is 0 Å². The minimum Gasteiger partial charge on any atom is -0.396 e. The van der Waals surface area contributed by atoms with Crippen LogP contribution < -0.4 is 0 Å². The lowest BCUT2D eigenvalue weighted by molar-refractivity contribution is 0.265. The zero-order valence-electron chi connectivity index (χ0n) is 11.8. The SMILES string of the molecule is C=CCN(CCCCCCO)CCCCCCO. The topological polar surface area (TPSA) is 43.7 Å². The number of rotatable bonds is 14. The van der Waals surface area contributed by atoms with Crippen LogP contribution in [0.15, 0.2) is 12.7 Å². The van der Waals surface area contributed by atoms with E-state index in [2.05, 4.69) is 11.5 Å². The molecule has 0 atom stereocenters. The number of aliphatic hydroxyl groups excluding tert-OH is 2. The van der Waals surface area contributed by atoms with Gasteiger partial charge in [0.1, 0.15) is 0 Å². The van der Waals surface area contributed by atoms with Gasteiger partial charge in [0.15, 0.2) is 0 Å². The molecule has 3 heteroatoms. The van der Waals surface area contributed by atoms with Gasteiger partial charge in [0.25, 0.3) is 0 Å². The van der Waals surface area contributed by atoms with E-state index in [1.165, 1.54) is 25.7 Å². The lowest BCUT2D eigenvalue weighted by Gasteiger charge is -2.20. The Bertz CT molecular complexity index is 160. The Balaban J connectivity index is 3.48. The van der Waals surface area contributed by atoms with E-state index < -0.39 is 0 Å². The minimum absolute atomic E-state index is 0.321. The summed E-state index contributed by atoms with van der Waals surface area (Å²) in [5.74, 6) is 0. The molecule has 0 aliphatic rings. The van der Waals surface area contributed by atoms with Crippen LogP contribution in [-0.4, -0.2) is 48.0 Å². The molecule has 0 aromatic heterocycles. The van der Waals surface area contributed by atoms with E-state index in [0.717, 1.165) is 45.3 Å². The molecule has 0 heterocycles. The number of aliphatic hydroxyl groups is 2. The molecule has 0 saturated heterocycles. The third kappa shape index (κ3) is 12.1. The quantitative estimate of drug-likeness (QED) is 0.371. The summed E-state index contributed by atoms with van der Waals surface area (Å²) in [5, 5.41) is 17.4. The van der Waals surface area contributed by atoms with E-state index in [0.29, 0.717) is 13.2 Å². The molecule has 0 fully saturated rings. The van der Waals surface area contributed by atoms with Crippen molar-refractivity contribution >= 4 is 0 Å². The van der Waals surface area contributed by atoms with Gasteiger partial charge < -0.3 is 10.2 Å². The summed E-state index contributed by atoms with van der Waals surface area (Å²) in [6.07, 6.45) is 10.9. The van der Waals surface area contributed by atoms with Gasteiger partial charge in [-0.3, -0.25) is 4.90 Å². The molecule has 0 amide bonds. The Morgan fingerprint density at radius 3 is 1.56 bits per heavy atom. The largest absolute Gasteiger partial charge is 0.396 e. The van der Waals surface area contributed by atoms with Crippen LogP contribution in [0, 0.1) is 0 Å². The highest BCUT2D eigenvalue weighted by Gasteiger charge is 2.02. The summed E-state index contributed by atoms with van der Waals surface area (Å²) in [5.41, 5.74) is 0. The first kappa shape index (κ1) is 17.6. The molecular formula is C15H31NO2. The first-order valence-corrected chi connectivity index (χ1v) is 7.40. The van der Waals surface area contributed by atoms with Gasteiger partial charge >= 0.3 is 0 Å². The van der Waals surface area contributed by atoms with Gasteiger partial charge in [0.05, 0.1) is 0 Å². The predicted molar refractivity (Wildman–Crippen MR) is 77.7 cm³/mol. The van der Waals surface area contributed by atoms with Crippen LogP contribution in [-0.2, 0) is 0 Å². The van der Waals surface area contributed by atoms with E-state index >= 15 is 0 Å². The number of nitrogens with zero attached hydrogens (tertiary/aromatic N) is 1. The molecule has 108 valence electrons. The Morgan fingerprint density at radius 1 is 0.722 bits per heavy atom. The molecule has 3 nitrogen and oxygen atoms in total. The maximum atomic E-state index is 8.70. The molecule has 0 aliphatic heterocycles. The fraction of sp³-hybridized carbons (Fsp3) is 0.867. The lowest BCUT2D eigenvalue weighted by Crippen LogP contribution is -2.26. The molecule has 0 radical (unpaired) electrons.